The van der Waals surface area contributed by atoms with Crippen molar-refractivity contribution in [3.63, 3.8) is 0 Å². The third-order valence-corrected chi connectivity index (χ3v) is 2.78. The molecule has 0 amide bonds. The van der Waals surface area contributed by atoms with Gasteiger partial charge in [-0.1, -0.05) is 20.3 Å². The van der Waals surface area contributed by atoms with Gasteiger partial charge in [0.25, 0.3) is 0 Å². The molecule has 1 heterocycles. The van der Waals surface area contributed by atoms with Crippen LogP contribution in [0.25, 0.3) is 0 Å². The molecular weight excluding hydrogens is 122 g/mol. The second-order valence-electron chi connectivity index (χ2n) is 3.49. The van der Waals surface area contributed by atoms with E-state index in [9.17, 15) is 0 Å². The lowest BCUT2D eigenvalue weighted by molar-refractivity contribution is 0.274. The fourth-order valence-electron chi connectivity index (χ4n) is 1.70. The SMILES string of the molecule is CC[C@@H](C)[C@H]1CCCNC1. The maximum atomic E-state index is 3.45. The van der Waals surface area contributed by atoms with Gasteiger partial charge < -0.3 is 5.32 Å². The Morgan fingerprint density at radius 2 is 2.40 bits per heavy atom. The first-order valence-electron chi connectivity index (χ1n) is 4.55. The molecule has 1 saturated heterocycles. The first-order valence-corrected chi connectivity index (χ1v) is 4.55. The van der Waals surface area contributed by atoms with E-state index in [4.69, 9.17) is 0 Å². The molecule has 0 bridgehead atoms. The second-order valence-corrected chi connectivity index (χ2v) is 3.49. The van der Waals surface area contributed by atoms with Crippen LogP contribution in [0.15, 0.2) is 0 Å². The Morgan fingerprint density at radius 3 is 2.90 bits per heavy atom. The standard InChI is InChI=1S/C9H19N/c1-3-8(2)9-5-4-6-10-7-9/h8-10H,3-7H2,1-2H3/t8-,9+/m1/s1. The molecule has 0 spiro atoms. The summed E-state index contributed by atoms with van der Waals surface area (Å²) in [6.07, 6.45) is 4.17. The van der Waals surface area contributed by atoms with E-state index in [0.717, 1.165) is 11.8 Å². The highest BCUT2D eigenvalue weighted by atomic mass is 14.9. The average Bonchev–Trinajstić information content (AvgIpc) is 2.05. The van der Waals surface area contributed by atoms with Gasteiger partial charge in [-0.25, -0.2) is 0 Å². The molecule has 60 valence electrons. The van der Waals surface area contributed by atoms with Crippen molar-refractivity contribution in [2.24, 2.45) is 11.8 Å². The van der Waals surface area contributed by atoms with Gasteiger partial charge in [-0.05, 0) is 37.8 Å². The van der Waals surface area contributed by atoms with Crippen molar-refractivity contribution >= 4 is 0 Å². The summed E-state index contributed by atoms with van der Waals surface area (Å²) in [4.78, 5) is 0. The van der Waals surface area contributed by atoms with Crippen molar-refractivity contribution in [2.45, 2.75) is 33.1 Å². The van der Waals surface area contributed by atoms with Crippen molar-refractivity contribution in [1.82, 2.24) is 5.32 Å². The number of rotatable bonds is 2. The Balaban J connectivity index is 2.24. The molecule has 1 N–H and O–H groups in total. The van der Waals surface area contributed by atoms with E-state index < -0.39 is 0 Å². The number of hydrogen-bond donors (Lipinski definition) is 1. The van der Waals surface area contributed by atoms with Crippen LogP contribution in [-0.2, 0) is 0 Å². The van der Waals surface area contributed by atoms with Gasteiger partial charge in [-0.2, -0.15) is 0 Å². The highest BCUT2D eigenvalue weighted by Crippen LogP contribution is 2.21. The summed E-state index contributed by atoms with van der Waals surface area (Å²) in [7, 11) is 0. The molecule has 1 aliphatic rings. The molecule has 1 aliphatic heterocycles. The molecule has 1 heteroatoms. The maximum absolute atomic E-state index is 3.45. The van der Waals surface area contributed by atoms with Crippen molar-refractivity contribution in [1.29, 1.82) is 0 Å². The Labute approximate surface area is 64.2 Å². The normalized spacial score (nSPS) is 30.0. The first-order chi connectivity index (χ1) is 4.84. The largest absolute Gasteiger partial charge is 0.316 e. The van der Waals surface area contributed by atoms with E-state index >= 15 is 0 Å². The van der Waals surface area contributed by atoms with Crippen molar-refractivity contribution in [3.05, 3.63) is 0 Å². The average molecular weight is 141 g/mol. The smallest absolute Gasteiger partial charge is 0.00180 e. The molecule has 0 aromatic rings. The van der Waals surface area contributed by atoms with Crippen LogP contribution in [0.4, 0.5) is 0 Å². The van der Waals surface area contributed by atoms with E-state index in [0.29, 0.717) is 0 Å². The quantitative estimate of drug-likeness (QED) is 0.620. The molecule has 0 aromatic carbocycles. The fourth-order valence-corrected chi connectivity index (χ4v) is 1.70. The van der Waals surface area contributed by atoms with Gasteiger partial charge >= 0.3 is 0 Å². The molecule has 1 rings (SSSR count). The predicted octanol–water partition coefficient (Wildman–Crippen LogP) is 2.03. The van der Waals surface area contributed by atoms with Crippen LogP contribution in [0.5, 0.6) is 0 Å². The Bertz CT molecular complexity index is 84.7. The zero-order chi connectivity index (χ0) is 7.40. The van der Waals surface area contributed by atoms with Crippen LogP contribution >= 0.6 is 0 Å². The molecule has 1 nitrogen and oxygen atoms in total. The van der Waals surface area contributed by atoms with E-state index in [-0.39, 0.29) is 0 Å². The van der Waals surface area contributed by atoms with Crippen LogP contribution < -0.4 is 5.32 Å². The summed E-state index contributed by atoms with van der Waals surface area (Å²) in [5.41, 5.74) is 0. The van der Waals surface area contributed by atoms with Crippen LogP contribution in [0.2, 0.25) is 0 Å². The summed E-state index contributed by atoms with van der Waals surface area (Å²) in [6, 6.07) is 0. The zero-order valence-electron chi connectivity index (χ0n) is 7.19. The summed E-state index contributed by atoms with van der Waals surface area (Å²) < 4.78 is 0. The summed E-state index contributed by atoms with van der Waals surface area (Å²) in [5.74, 6) is 1.88. The van der Waals surface area contributed by atoms with Crippen molar-refractivity contribution < 1.29 is 0 Å². The van der Waals surface area contributed by atoms with Crippen LogP contribution in [-0.4, -0.2) is 13.1 Å². The van der Waals surface area contributed by atoms with Crippen LogP contribution in [0.1, 0.15) is 33.1 Å². The molecule has 0 aliphatic carbocycles. The number of hydrogen-bond acceptors (Lipinski definition) is 1. The number of piperidine rings is 1. The van der Waals surface area contributed by atoms with E-state index in [2.05, 4.69) is 19.2 Å². The van der Waals surface area contributed by atoms with Gasteiger partial charge in [-0.15, -0.1) is 0 Å². The van der Waals surface area contributed by atoms with Crippen LogP contribution in [0, 0.1) is 11.8 Å². The molecule has 1 fully saturated rings. The zero-order valence-corrected chi connectivity index (χ0v) is 7.19. The lowest BCUT2D eigenvalue weighted by atomic mass is 9.86. The van der Waals surface area contributed by atoms with E-state index in [1.54, 1.807) is 0 Å². The Kier molecular flexibility index (Phi) is 3.20. The summed E-state index contributed by atoms with van der Waals surface area (Å²) in [5, 5.41) is 3.45. The third-order valence-electron chi connectivity index (χ3n) is 2.78. The van der Waals surface area contributed by atoms with Gasteiger partial charge in [0, 0.05) is 0 Å². The lowest BCUT2D eigenvalue weighted by Crippen LogP contribution is -2.33. The molecule has 10 heavy (non-hydrogen) atoms. The monoisotopic (exact) mass is 141 g/mol. The summed E-state index contributed by atoms with van der Waals surface area (Å²) >= 11 is 0. The minimum atomic E-state index is 0.924. The van der Waals surface area contributed by atoms with E-state index in [1.165, 1.54) is 32.4 Å². The van der Waals surface area contributed by atoms with Gasteiger partial charge in [0.1, 0.15) is 0 Å². The van der Waals surface area contributed by atoms with Gasteiger partial charge in [0.05, 0.1) is 0 Å². The number of nitrogens with one attached hydrogen (secondary N) is 1. The predicted molar refractivity (Wildman–Crippen MR) is 45.0 cm³/mol. The van der Waals surface area contributed by atoms with Crippen molar-refractivity contribution in [2.75, 3.05) is 13.1 Å². The highest BCUT2D eigenvalue weighted by Gasteiger charge is 2.17. The minimum Gasteiger partial charge on any atom is -0.316 e. The molecule has 2 atom stereocenters. The second kappa shape index (κ2) is 3.97. The molecular formula is C9H19N. The topological polar surface area (TPSA) is 12.0 Å². The Hall–Kier alpha value is -0.0400. The third kappa shape index (κ3) is 1.98. The molecule has 0 unspecified atom stereocenters. The molecule has 0 radical (unpaired) electrons. The fraction of sp³-hybridized carbons (Fsp3) is 1.00. The van der Waals surface area contributed by atoms with Gasteiger partial charge in [-0.3, -0.25) is 0 Å². The van der Waals surface area contributed by atoms with Gasteiger partial charge in [0.2, 0.25) is 0 Å². The van der Waals surface area contributed by atoms with E-state index in [1.807, 2.05) is 0 Å². The lowest BCUT2D eigenvalue weighted by Gasteiger charge is -2.27. The maximum Gasteiger partial charge on any atom is -0.00180 e. The summed E-state index contributed by atoms with van der Waals surface area (Å²) in [6.45, 7) is 7.17. The van der Waals surface area contributed by atoms with Gasteiger partial charge in [0.15, 0.2) is 0 Å². The Morgan fingerprint density at radius 1 is 1.60 bits per heavy atom. The highest BCUT2D eigenvalue weighted by molar-refractivity contribution is 4.72. The first kappa shape index (κ1) is 8.06. The molecule has 0 aromatic heterocycles. The van der Waals surface area contributed by atoms with Crippen molar-refractivity contribution in [3.8, 4) is 0 Å². The molecule has 0 saturated carbocycles. The minimum absolute atomic E-state index is 0.924. The van der Waals surface area contributed by atoms with Crippen LogP contribution in [0.3, 0.4) is 0 Å².